The summed E-state index contributed by atoms with van der Waals surface area (Å²) < 4.78 is 5.04. The topological polar surface area (TPSA) is 41.6 Å². The molecule has 15 heavy (non-hydrogen) atoms. The van der Waals surface area contributed by atoms with E-state index < -0.39 is 5.54 Å². The minimum Gasteiger partial charge on any atom is -0.465 e. The molecule has 1 N–H and O–H groups in total. The van der Waals surface area contributed by atoms with Crippen molar-refractivity contribution in [3.63, 3.8) is 0 Å². The van der Waals surface area contributed by atoms with Crippen LogP contribution in [0.15, 0.2) is 0 Å². The van der Waals surface area contributed by atoms with Gasteiger partial charge in [-0.1, -0.05) is 6.92 Å². The van der Waals surface area contributed by atoms with E-state index in [0.29, 0.717) is 6.61 Å². The van der Waals surface area contributed by atoms with Crippen LogP contribution in [0.2, 0.25) is 0 Å². The molecule has 0 bridgehead atoms. The molecule has 0 aliphatic carbocycles. The van der Waals surface area contributed by atoms with Gasteiger partial charge in [-0.25, -0.2) is 0 Å². The number of carbonyl (C=O) groups is 1. The Morgan fingerprint density at radius 1 is 1.47 bits per heavy atom. The summed E-state index contributed by atoms with van der Waals surface area (Å²) in [5.74, 6) is -0.169. The zero-order valence-corrected chi connectivity index (χ0v) is 10.6. The molecule has 4 heteroatoms. The zero-order valence-electron chi connectivity index (χ0n) is 10.6. The lowest BCUT2D eigenvalue weighted by molar-refractivity contribution is -0.150. The Balaban J connectivity index is 4.23. The van der Waals surface area contributed by atoms with Crippen LogP contribution >= 0.6 is 0 Å². The second-order valence-electron chi connectivity index (χ2n) is 3.95. The summed E-state index contributed by atoms with van der Waals surface area (Å²) in [6.07, 6.45) is 0.757. The molecule has 1 atom stereocenters. The smallest absolute Gasteiger partial charge is 0.326 e. The van der Waals surface area contributed by atoms with E-state index >= 15 is 0 Å². The molecule has 90 valence electrons. The Hall–Kier alpha value is -0.610. The molecule has 0 fully saturated rings. The minimum atomic E-state index is -0.570. The first kappa shape index (κ1) is 14.4. The van der Waals surface area contributed by atoms with Gasteiger partial charge in [-0.05, 0) is 40.9 Å². The molecule has 0 heterocycles. The van der Waals surface area contributed by atoms with Crippen LogP contribution in [0, 0.1) is 0 Å². The molecule has 0 aromatic heterocycles. The third kappa shape index (κ3) is 4.62. The van der Waals surface area contributed by atoms with Crippen molar-refractivity contribution in [1.29, 1.82) is 0 Å². The second kappa shape index (κ2) is 6.80. The minimum absolute atomic E-state index is 0.169. The van der Waals surface area contributed by atoms with E-state index in [1.165, 1.54) is 0 Å². The number of carbonyl (C=O) groups excluding carboxylic acids is 1. The van der Waals surface area contributed by atoms with Crippen LogP contribution in [0.3, 0.4) is 0 Å². The fourth-order valence-electron chi connectivity index (χ4n) is 1.19. The van der Waals surface area contributed by atoms with E-state index in [9.17, 15) is 4.79 Å². The van der Waals surface area contributed by atoms with Crippen molar-refractivity contribution in [3.8, 4) is 0 Å². The first-order chi connectivity index (χ1) is 7.00. The van der Waals surface area contributed by atoms with Crippen molar-refractivity contribution in [2.24, 2.45) is 0 Å². The number of hydrogen-bond donors (Lipinski definition) is 1. The van der Waals surface area contributed by atoms with Crippen molar-refractivity contribution in [2.45, 2.75) is 32.7 Å². The third-order valence-corrected chi connectivity index (χ3v) is 2.81. The predicted octanol–water partition coefficient (Wildman–Crippen LogP) is 0.869. The van der Waals surface area contributed by atoms with E-state index in [1.54, 1.807) is 7.05 Å². The maximum atomic E-state index is 11.7. The van der Waals surface area contributed by atoms with Crippen LogP contribution in [0.4, 0.5) is 0 Å². The molecule has 0 radical (unpaired) electrons. The van der Waals surface area contributed by atoms with Gasteiger partial charge in [-0.2, -0.15) is 0 Å². The van der Waals surface area contributed by atoms with Gasteiger partial charge in [0.15, 0.2) is 0 Å². The van der Waals surface area contributed by atoms with Crippen molar-refractivity contribution in [1.82, 2.24) is 10.2 Å². The largest absolute Gasteiger partial charge is 0.465 e. The van der Waals surface area contributed by atoms with Gasteiger partial charge in [0.05, 0.1) is 6.61 Å². The molecule has 0 aliphatic heterocycles. The third-order valence-electron chi connectivity index (χ3n) is 2.81. The van der Waals surface area contributed by atoms with Crippen LogP contribution in [-0.2, 0) is 9.53 Å². The lowest BCUT2D eigenvalue weighted by Gasteiger charge is -2.28. The standard InChI is InChI=1S/C11H24N2O2/c1-6-13(5)9-8-11(3,12-4)10(14)15-7-2/h12H,6-9H2,1-5H3. The van der Waals surface area contributed by atoms with E-state index in [1.807, 2.05) is 20.9 Å². The average molecular weight is 216 g/mol. The SMILES string of the molecule is CCOC(=O)C(C)(CCN(C)CC)NC. The number of hydrogen-bond acceptors (Lipinski definition) is 4. The Bertz CT molecular complexity index is 197. The van der Waals surface area contributed by atoms with E-state index in [4.69, 9.17) is 4.74 Å². The highest BCUT2D eigenvalue weighted by Crippen LogP contribution is 2.12. The zero-order chi connectivity index (χ0) is 11.9. The highest BCUT2D eigenvalue weighted by Gasteiger charge is 2.32. The van der Waals surface area contributed by atoms with Gasteiger partial charge >= 0.3 is 5.97 Å². The van der Waals surface area contributed by atoms with Crippen molar-refractivity contribution >= 4 is 5.97 Å². The summed E-state index contributed by atoms with van der Waals surface area (Å²) in [5, 5.41) is 3.04. The van der Waals surface area contributed by atoms with Crippen molar-refractivity contribution < 1.29 is 9.53 Å². The quantitative estimate of drug-likeness (QED) is 0.641. The normalized spacial score (nSPS) is 15.1. The fourth-order valence-corrected chi connectivity index (χ4v) is 1.19. The molecule has 0 spiro atoms. The Kier molecular flexibility index (Phi) is 6.52. The van der Waals surface area contributed by atoms with Crippen LogP contribution in [-0.4, -0.2) is 50.2 Å². The van der Waals surface area contributed by atoms with Gasteiger partial charge in [0, 0.05) is 6.54 Å². The van der Waals surface area contributed by atoms with Crippen molar-refractivity contribution in [3.05, 3.63) is 0 Å². The maximum absolute atomic E-state index is 11.7. The number of nitrogens with one attached hydrogen (secondary N) is 1. The van der Waals surface area contributed by atoms with Gasteiger partial charge in [0.1, 0.15) is 5.54 Å². The molecule has 4 nitrogen and oxygen atoms in total. The first-order valence-electron chi connectivity index (χ1n) is 5.54. The number of likely N-dealkylation sites (N-methyl/N-ethyl adjacent to an activating group) is 1. The monoisotopic (exact) mass is 216 g/mol. The Labute approximate surface area is 93.0 Å². The molecule has 0 aromatic rings. The van der Waals surface area contributed by atoms with Gasteiger partial charge in [-0.15, -0.1) is 0 Å². The summed E-state index contributed by atoms with van der Waals surface area (Å²) >= 11 is 0. The Morgan fingerprint density at radius 2 is 2.07 bits per heavy atom. The fraction of sp³-hybridized carbons (Fsp3) is 0.909. The number of ether oxygens (including phenoxy) is 1. The maximum Gasteiger partial charge on any atom is 0.326 e. The summed E-state index contributed by atoms with van der Waals surface area (Å²) in [6, 6.07) is 0. The van der Waals surface area contributed by atoms with Gasteiger partial charge in [0.25, 0.3) is 0 Å². The summed E-state index contributed by atoms with van der Waals surface area (Å²) in [7, 11) is 3.84. The van der Waals surface area contributed by atoms with E-state index in [-0.39, 0.29) is 5.97 Å². The van der Waals surface area contributed by atoms with Crippen LogP contribution in [0.1, 0.15) is 27.2 Å². The molecule has 1 unspecified atom stereocenters. The molecular weight excluding hydrogens is 192 g/mol. The lowest BCUT2D eigenvalue weighted by atomic mass is 9.98. The number of rotatable bonds is 7. The lowest BCUT2D eigenvalue weighted by Crippen LogP contribution is -2.50. The van der Waals surface area contributed by atoms with E-state index in [0.717, 1.165) is 19.5 Å². The van der Waals surface area contributed by atoms with Crippen LogP contribution in [0.25, 0.3) is 0 Å². The predicted molar refractivity (Wildman–Crippen MR) is 61.9 cm³/mol. The highest BCUT2D eigenvalue weighted by atomic mass is 16.5. The molecule has 0 saturated carbocycles. The van der Waals surface area contributed by atoms with Crippen LogP contribution < -0.4 is 5.32 Å². The van der Waals surface area contributed by atoms with Crippen molar-refractivity contribution in [2.75, 3.05) is 33.8 Å². The highest BCUT2D eigenvalue weighted by molar-refractivity contribution is 5.80. The first-order valence-corrected chi connectivity index (χ1v) is 5.54. The van der Waals surface area contributed by atoms with Gasteiger partial charge in [0.2, 0.25) is 0 Å². The van der Waals surface area contributed by atoms with Gasteiger partial charge in [-0.3, -0.25) is 4.79 Å². The summed E-state index contributed by atoms with van der Waals surface area (Å²) in [6.45, 7) is 8.11. The van der Waals surface area contributed by atoms with Crippen LogP contribution in [0.5, 0.6) is 0 Å². The molecule has 0 aromatic carbocycles. The molecule has 0 amide bonds. The summed E-state index contributed by atoms with van der Waals surface area (Å²) in [4.78, 5) is 13.9. The molecule has 0 aliphatic rings. The average Bonchev–Trinajstić information content (AvgIpc) is 2.25. The molecule has 0 saturated heterocycles. The molecular formula is C11H24N2O2. The second-order valence-corrected chi connectivity index (χ2v) is 3.95. The number of esters is 1. The summed E-state index contributed by atoms with van der Waals surface area (Å²) in [5.41, 5.74) is -0.570. The van der Waals surface area contributed by atoms with Gasteiger partial charge < -0.3 is 15.0 Å². The Morgan fingerprint density at radius 3 is 2.47 bits per heavy atom. The molecule has 0 rings (SSSR count). The van der Waals surface area contributed by atoms with E-state index in [2.05, 4.69) is 17.1 Å². The number of nitrogens with zero attached hydrogens (tertiary/aromatic N) is 1.